The van der Waals surface area contributed by atoms with Gasteiger partial charge in [-0.15, -0.1) is 0 Å². The van der Waals surface area contributed by atoms with Crippen LogP contribution >= 0.6 is 0 Å². The first-order valence-electron chi connectivity index (χ1n) is 9.16. The van der Waals surface area contributed by atoms with E-state index in [0.717, 1.165) is 45.0 Å². The van der Waals surface area contributed by atoms with E-state index >= 15 is 0 Å². The van der Waals surface area contributed by atoms with Crippen molar-refractivity contribution >= 4 is 17.3 Å². The van der Waals surface area contributed by atoms with Crippen molar-refractivity contribution in [3.63, 3.8) is 0 Å². The third-order valence-corrected chi connectivity index (χ3v) is 4.57. The van der Waals surface area contributed by atoms with Crippen molar-refractivity contribution in [1.29, 1.82) is 0 Å². The van der Waals surface area contributed by atoms with E-state index in [2.05, 4.69) is 34.5 Å². The van der Waals surface area contributed by atoms with Crippen LogP contribution in [0.5, 0.6) is 0 Å². The van der Waals surface area contributed by atoms with E-state index in [0.29, 0.717) is 6.54 Å². The fourth-order valence-corrected chi connectivity index (χ4v) is 3.07. The molecule has 0 aliphatic carbocycles. The normalized spacial score (nSPS) is 14.5. The van der Waals surface area contributed by atoms with E-state index in [1.807, 2.05) is 42.3 Å². The third kappa shape index (κ3) is 5.58. The van der Waals surface area contributed by atoms with Crippen LogP contribution in [0.2, 0.25) is 0 Å². The van der Waals surface area contributed by atoms with Crippen molar-refractivity contribution in [2.45, 2.75) is 6.42 Å². The largest absolute Gasteiger partial charge is 0.378 e. The first kappa shape index (κ1) is 18.4. The Labute approximate surface area is 155 Å². The van der Waals surface area contributed by atoms with Crippen LogP contribution in [0.4, 0.5) is 11.4 Å². The first-order chi connectivity index (χ1) is 12.7. The number of ether oxygens (including phenoxy) is 1. The number of nitrogens with zero attached hydrogens (tertiary/aromatic N) is 2. The highest BCUT2D eigenvalue weighted by Gasteiger charge is 2.11. The van der Waals surface area contributed by atoms with Crippen LogP contribution in [-0.4, -0.2) is 57.2 Å². The summed E-state index contributed by atoms with van der Waals surface area (Å²) in [5, 5.41) is 2.98. The summed E-state index contributed by atoms with van der Waals surface area (Å²) in [5.41, 5.74) is 3.30. The van der Waals surface area contributed by atoms with E-state index in [-0.39, 0.29) is 5.91 Å². The van der Waals surface area contributed by atoms with Gasteiger partial charge in [0, 0.05) is 31.0 Å². The maximum atomic E-state index is 12.2. The summed E-state index contributed by atoms with van der Waals surface area (Å²) in [4.78, 5) is 16.6. The van der Waals surface area contributed by atoms with Gasteiger partial charge in [-0.2, -0.15) is 0 Å². The molecule has 3 rings (SSSR count). The lowest BCUT2D eigenvalue weighted by Crippen LogP contribution is -2.36. The van der Waals surface area contributed by atoms with E-state index < -0.39 is 0 Å². The maximum absolute atomic E-state index is 12.2. The van der Waals surface area contributed by atoms with Gasteiger partial charge in [0.2, 0.25) is 5.91 Å². The van der Waals surface area contributed by atoms with Gasteiger partial charge in [-0.05, 0) is 43.3 Å². The predicted molar refractivity (Wildman–Crippen MR) is 106 cm³/mol. The summed E-state index contributed by atoms with van der Waals surface area (Å²) in [6.45, 7) is 4.61. The summed E-state index contributed by atoms with van der Waals surface area (Å²) in [6, 6.07) is 18.4. The molecule has 5 nitrogen and oxygen atoms in total. The zero-order chi connectivity index (χ0) is 18.2. The molecule has 1 aliphatic rings. The standard InChI is InChI=1S/C21H27N3O2/c1-23(12-11-18-5-3-2-4-6-18)17-21(25)22-19-7-9-20(10-8-19)24-13-15-26-16-14-24/h2-10H,11-17H2,1H3,(H,22,25). The molecular weight excluding hydrogens is 326 g/mol. The van der Waals surface area contributed by atoms with Crippen molar-refractivity contribution in [3.8, 4) is 0 Å². The summed E-state index contributed by atoms with van der Waals surface area (Å²) in [7, 11) is 1.98. The number of carbonyl (C=O) groups excluding carboxylic acids is 1. The molecular formula is C21H27N3O2. The number of nitrogens with one attached hydrogen (secondary N) is 1. The molecule has 2 aromatic rings. The molecule has 5 heteroatoms. The molecule has 0 spiro atoms. The predicted octanol–water partition coefficient (Wildman–Crippen LogP) is 2.64. The lowest BCUT2D eigenvalue weighted by molar-refractivity contribution is -0.117. The van der Waals surface area contributed by atoms with E-state index in [9.17, 15) is 4.79 Å². The van der Waals surface area contributed by atoms with E-state index in [4.69, 9.17) is 4.74 Å². The van der Waals surface area contributed by atoms with Gasteiger partial charge >= 0.3 is 0 Å². The average molecular weight is 353 g/mol. The van der Waals surface area contributed by atoms with Gasteiger partial charge in [-0.25, -0.2) is 0 Å². The van der Waals surface area contributed by atoms with Crippen LogP contribution in [0.3, 0.4) is 0 Å². The molecule has 0 bridgehead atoms. The number of amides is 1. The minimum Gasteiger partial charge on any atom is -0.378 e. The number of hydrogen-bond acceptors (Lipinski definition) is 4. The number of anilines is 2. The zero-order valence-corrected chi connectivity index (χ0v) is 15.4. The topological polar surface area (TPSA) is 44.8 Å². The van der Waals surface area contributed by atoms with Crippen LogP contribution in [0.15, 0.2) is 54.6 Å². The third-order valence-electron chi connectivity index (χ3n) is 4.57. The second-order valence-corrected chi connectivity index (χ2v) is 6.67. The number of likely N-dealkylation sites (N-methyl/N-ethyl adjacent to an activating group) is 1. The Morgan fingerprint density at radius 1 is 1.08 bits per heavy atom. The van der Waals surface area contributed by atoms with Gasteiger partial charge in [0.15, 0.2) is 0 Å². The van der Waals surface area contributed by atoms with Gasteiger partial charge in [-0.3, -0.25) is 9.69 Å². The van der Waals surface area contributed by atoms with E-state index in [1.165, 1.54) is 11.3 Å². The Bertz CT molecular complexity index is 682. The molecule has 26 heavy (non-hydrogen) atoms. The number of rotatable bonds is 7. The highest BCUT2D eigenvalue weighted by Crippen LogP contribution is 2.19. The van der Waals surface area contributed by atoms with Crippen molar-refractivity contribution in [2.24, 2.45) is 0 Å². The summed E-state index contributed by atoms with van der Waals surface area (Å²) >= 11 is 0. The molecule has 1 aliphatic heterocycles. The van der Waals surface area contributed by atoms with Gasteiger partial charge < -0.3 is 15.0 Å². The van der Waals surface area contributed by atoms with Crippen molar-refractivity contribution in [1.82, 2.24) is 4.90 Å². The first-order valence-corrected chi connectivity index (χ1v) is 9.16. The van der Waals surface area contributed by atoms with E-state index in [1.54, 1.807) is 0 Å². The molecule has 0 unspecified atom stereocenters. The van der Waals surface area contributed by atoms with Gasteiger partial charge in [-0.1, -0.05) is 30.3 Å². The molecule has 1 heterocycles. The van der Waals surface area contributed by atoms with Crippen molar-refractivity contribution in [3.05, 3.63) is 60.2 Å². The summed E-state index contributed by atoms with van der Waals surface area (Å²) < 4.78 is 5.38. The fourth-order valence-electron chi connectivity index (χ4n) is 3.07. The highest BCUT2D eigenvalue weighted by atomic mass is 16.5. The lowest BCUT2D eigenvalue weighted by Gasteiger charge is -2.28. The van der Waals surface area contributed by atoms with Gasteiger partial charge in [0.05, 0.1) is 19.8 Å². The van der Waals surface area contributed by atoms with Gasteiger partial charge in [0.1, 0.15) is 0 Å². The Morgan fingerprint density at radius 2 is 1.77 bits per heavy atom. The smallest absolute Gasteiger partial charge is 0.238 e. The molecule has 1 N–H and O–H groups in total. The monoisotopic (exact) mass is 353 g/mol. The SMILES string of the molecule is CN(CCc1ccccc1)CC(=O)Nc1ccc(N2CCOCC2)cc1. The lowest BCUT2D eigenvalue weighted by atomic mass is 10.1. The number of benzene rings is 2. The molecule has 138 valence electrons. The highest BCUT2D eigenvalue weighted by molar-refractivity contribution is 5.92. The van der Waals surface area contributed by atoms with Crippen LogP contribution in [0, 0.1) is 0 Å². The van der Waals surface area contributed by atoms with Crippen LogP contribution < -0.4 is 10.2 Å². The Kier molecular flexibility index (Phi) is 6.63. The van der Waals surface area contributed by atoms with Crippen LogP contribution in [0.25, 0.3) is 0 Å². The molecule has 2 aromatic carbocycles. The van der Waals surface area contributed by atoms with Crippen molar-refractivity contribution < 1.29 is 9.53 Å². The molecule has 1 fully saturated rings. The minimum absolute atomic E-state index is 0.0136. The van der Waals surface area contributed by atoms with Crippen LogP contribution in [0.1, 0.15) is 5.56 Å². The maximum Gasteiger partial charge on any atom is 0.238 e. The fraction of sp³-hybridized carbons (Fsp3) is 0.381. The molecule has 1 saturated heterocycles. The summed E-state index contributed by atoms with van der Waals surface area (Å²) in [6.07, 6.45) is 0.943. The van der Waals surface area contributed by atoms with Crippen molar-refractivity contribution in [2.75, 3.05) is 56.7 Å². The molecule has 0 saturated carbocycles. The van der Waals surface area contributed by atoms with Crippen LogP contribution in [-0.2, 0) is 16.0 Å². The number of carbonyl (C=O) groups is 1. The summed E-state index contributed by atoms with van der Waals surface area (Å²) in [5.74, 6) is 0.0136. The molecule has 1 amide bonds. The Morgan fingerprint density at radius 3 is 2.46 bits per heavy atom. The molecule has 0 atom stereocenters. The number of hydrogen-bond donors (Lipinski definition) is 1. The quantitative estimate of drug-likeness (QED) is 0.831. The Hall–Kier alpha value is -2.37. The zero-order valence-electron chi connectivity index (χ0n) is 15.4. The molecule has 0 aromatic heterocycles. The second-order valence-electron chi connectivity index (χ2n) is 6.67. The second kappa shape index (κ2) is 9.36. The minimum atomic E-state index is 0.0136. The number of morpholine rings is 1. The Balaban J connectivity index is 1.43. The van der Waals surface area contributed by atoms with Gasteiger partial charge in [0.25, 0.3) is 0 Å². The average Bonchev–Trinajstić information content (AvgIpc) is 2.68. The molecule has 0 radical (unpaired) electrons.